The molecule has 3 atom stereocenters. The molecule has 0 aromatic heterocycles. The van der Waals surface area contributed by atoms with Crippen LogP contribution in [-0.4, -0.2) is 35.1 Å². The fraction of sp³-hybridized carbons (Fsp3) is 0.700. The number of nitrogens with one attached hydrogen (secondary N) is 2. The molecule has 1 aliphatic carbocycles. The summed E-state index contributed by atoms with van der Waals surface area (Å²) in [7, 11) is 0. The van der Waals surface area contributed by atoms with Gasteiger partial charge in [-0.25, -0.2) is 9.59 Å². The predicted octanol–water partition coefficient (Wildman–Crippen LogP) is -0.587. The molecule has 1 aliphatic rings. The number of carbonyl (C=O) groups excluding carboxylic acids is 2. The van der Waals surface area contributed by atoms with Crippen LogP contribution in [0.5, 0.6) is 0 Å². The van der Waals surface area contributed by atoms with Gasteiger partial charge in [0.1, 0.15) is 6.04 Å². The van der Waals surface area contributed by atoms with Crippen LogP contribution >= 0.6 is 0 Å². The Morgan fingerprint density at radius 3 is 2.47 bits per heavy atom. The van der Waals surface area contributed by atoms with Crippen molar-refractivity contribution in [2.75, 3.05) is 0 Å². The standard InChI is InChI=1S/C10H17N3O4/c1-5-4-7(5)13-10(17)12-6(9(15)16)2-3-8(11)14/h5-7H,2-4H2,1H3,(H2,11,14)(H,15,16)(H2,12,13,17). The Balaban J connectivity index is 2.34. The first-order chi connectivity index (χ1) is 7.90. The van der Waals surface area contributed by atoms with Crippen LogP contribution in [0.1, 0.15) is 26.2 Å². The Hall–Kier alpha value is -1.79. The molecule has 3 amide bonds. The van der Waals surface area contributed by atoms with E-state index in [4.69, 9.17) is 10.8 Å². The highest BCUT2D eigenvalue weighted by Crippen LogP contribution is 2.28. The molecule has 0 aromatic carbocycles. The molecule has 5 N–H and O–H groups in total. The number of aliphatic carboxylic acids is 1. The van der Waals surface area contributed by atoms with E-state index in [-0.39, 0.29) is 18.9 Å². The number of amides is 3. The van der Waals surface area contributed by atoms with Crippen molar-refractivity contribution in [1.82, 2.24) is 10.6 Å². The number of nitrogens with two attached hydrogens (primary N) is 1. The van der Waals surface area contributed by atoms with Gasteiger partial charge in [-0.15, -0.1) is 0 Å². The highest BCUT2D eigenvalue weighted by Gasteiger charge is 2.34. The first kappa shape index (κ1) is 13.3. The maximum atomic E-state index is 11.4. The van der Waals surface area contributed by atoms with Crippen LogP contribution in [0.15, 0.2) is 0 Å². The summed E-state index contributed by atoms with van der Waals surface area (Å²) in [6, 6.07) is -1.48. The molecule has 0 radical (unpaired) electrons. The Morgan fingerprint density at radius 2 is 2.06 bits per heavy atom. The Labute approximate surface area is 98.7 Å². The van der Waals surface area contributed by atoms with Crippen LogP contribution in [0.3, 0.4) is 0 Å². The molecule has 0 saturated heterocycles. The third-order valence-electron chi connectivity index (χ3n) is 2.71. The van der Waals surface area contributed by atoms with Crippen LogP contribution in [0.4, 0.5) is 4.79 Å². The van der Waals surface area contributed by atoms with Gasteiger partial charge in [0.15, 0.2) is 0 Å². The summed E-state index contributed by atoms with van der Waals surface area (Å²) in [6.45, 7) is 1.99. The fourth-order valence-corrected chi connectivity index (χ4v) is 1.44. The molecule has 0 bridgehead atoms. The second-order valence-corrected chi connectivity index (χ2v) is 4.33. The van der Waals surface area contributed by atoms with E-state index < -0.39 is 23.9 Å². The lowest BCUT2D eigenvalue weighted by Gasteiger charge is -2.14. The van der Waals surface area contributed by atoms with Crippen molar-refractivity contribution in [3.05, 3.63) is 0 Å². The van der Waals surface area contributed by atoms with Gasteiger partial charge in [0.25, 0.3) is 0 Å². The smallest absolute Gasteiger partial charge is 0.326 e. The number of carboxylic acids is 1. The molecule has 3 unspecified atom stereocenters. The zero-order valence-corrected chi connectivity index (χ0v) is 9.60. The number of rotatable bonds is 6. The maximum Gasteiger partial charge on any atom is 0.326 e. The van der Waals surface area contributed by atoms with Crippen LogP contribution in [0.2, 0.25) is 0 Å². The summed E-state index contributed by atoms with van der Waals surface area (Å²) in [5, 5.41) is 13.8. The fourth-order valence-electron chi connectivity index (χ4n) is 1.44. The van der Waals surface area contributed by atoms with Gasteiger partial charge < -0.3 is 21.5 Å². The van der Waals surface area contributed by atoms with E-state index in [0.29, 0.717) is 5.92 Å². The van der Waals surface area contributed by atoms with Gasteiger partial charge in [0, 0.05) is 12.5 Å². The zero-order chi connectivity index (χ0) is 13.0. The molecular weight excluding hydrogens is 226 g/mol. The van der Waals surface area contributed by atoms with E-state index in [1.165, 1.54) is 0 Å². The minimum atomic E-state index is -1.18. The topological polar surface area (TPSA) is 122 Å². The van der Waals surface area contributed by atoms with Crippen LogP contribution in [0, 0.1) is 5.92 Å². The van der Waals surface area contributed by atoms with Crippen LogP contribution < -0.4 is 16.4 Å². The van der Waals surface area contributed by atoms with Gasteiger partial charge in [-0.1, -0.05) is 6.92 Å². The van der Waals surface area contributed by atoms with Crippen molar-refractivity contribution in [3.63, 3.8) is 0 Å². The van der Waals surface area contributed by atoms with Crippen molar-refractivity contribution < 1.29 is 19.5 Å². The summed E-state index contributed by atoms with van der Waals surface area (Å²) in [5.41, 5.74) is 4.92. The second kappa shape index (κ2) is 5.51. The summed E-state index contributed by atoms with van der Waals surface area (Å²) in [5.74, 6) is -1.32. The zero-order valence-electron chi connectivity index (χ0n) is 9.60. The quantitative estimate of drug-likeness (QED) is 0.498. The Bertz CT molecular complexity index is 332. The Kier molecular flexibility index (Phi) is 4.30. The van der Waals surface area contributed by atoms with Crippen LogP contribution in [-0.2, 0) is 9.59 Å². The number of urea groups is 1. The summed E-state index contributed by atoms with van der Waals surface area (Å²) in [4.78, 5) is 32.8. The number of carboxylic acid groups (broad SMARTS) is 1. The van der Waals surface area contributed by atoms with E-state index in [9.17, 15) is 14.4 Å². The molecule has 0 aromatic rings. The van der Waals surface area contributed by atoms with Gasteiger partial charge in [0.05, 0.1) is 0 Å². The molecule has 0 spiro atoms. The second-order valence-electron chi connectivity index (χ2n) is 4.33. The monoisotopic (exact) mass is 243 g/mol. The molecular formula is C10H17N3O4. The first-order valence-corrected chi connectivity index (χ1v) is 5.48. The summed E-state index contributed by atoms with van der Waals surface area (Å²) in [6.07, 6.45) is 0.835. The lowest BCUT2D eigenvalue weighted by atomic mass is 10.1. The Morgan fingerprint density at radius 1 is 1.47 bits per heavy atom. The van der Waals surface area contributed by atoms with Crippen molar-refractivity contribution in [1.29, 1.82) is 0 Å². The van der Waals surface area contributed by atoms with Crippen molar-refractivity contribution in [3.8, 4) is 0 Å². The molecule has 1 saturated carbocycles. The molecule has 1 rings (SSSR count). The SMILES string of the molecule is CC1CC1NC(=O)NC(CCC(N)=O)C(=O)O. The lowest BCUT2D eigenvalue weighted by Crippen LogP contribution is -2.47. The maximum absolute atomic E-state index is 11.4. The number of hydrogen-bond acceptors (Lipinski definition) is 3. The third kappa shape index (κ3) is 4.71. The van der Waals surface area contributed by atoms with Gasteiger partial charge >= 0.3 is 12.0 Å². The van der Waals surface area contributed by atoms with E-state index in [2.05, 4.69) is 10.6 Å². The largest absolute Gasteiger partial charge is 0.480 e. The number of primary amides is 1. The minimum Gasteiger partial charge on any atom is -0.480 e. The molecule has 1 fully saturated rings. The molecule has 7 heteroatoms. The molecule has 0 aliphatic heterocycles. The van der Waals surface area contributed by atoms with E-state index in [1.54, 1.807) is 0 Å². The molecule has 0 heterocycles. The number of carbonyl (C=O) groups is 3. The van der Waals surface area contributed by atoms with Gasteiger partial charge in [0.2, 0.25) is 5.91 Å². The first-order valence-electron chi connectivity index (χ1n) is 5.48. The van der Waals surface area contributed by atoms with Gasteiger partial charge in [-0.05, 0) is 18.8 Å². The summed E-state index contributed by atoms with van der Waals surface area (Å²) < 4.78 is 0. The van der Waals surface area contributed by atoms with Crippen molar-refractivity contribution in [2.45, 2.75) is 38.3 Å². The van der Waals surface area contributed by atoms with E-state index >= 15 is 0 Å². The summed E-state index contributed by atoms with van der Waals surface area (Å²) >= 11 is 0. The molecule has 17 heavy (non-hydrogen) atoms. The van der Waals surface area contributed by atoms with Gasteiger partial charge in [-0.3, -0.25) is 4.79 Å². The third-order valence-corrected chi connectivity index (χ3v) is 2.71. The van der Waals surface area contributed by atoms with Gasteiger partial charge in [-0.2, -0.15) is 0 Å². The normalized spacial score (nSPS) is 23.6. The average Bonchev–Trinajstić information content (AvgIpc) is 2.87. The highest BCUT2D eigenvalue weighted by molar-refractivity contribution is 5.83. The van der Waals surface area contributed by atoms with Crippen molar-refractivity contribution >= 4 is 17.9 Å². The number of hydrogen-bond donors (Lipinski definition) is 4. The van der Waals surface area contributed by atoms with E-state index in [0.717, 1.165) is 6.42 Å². The van der Waals surface area contributed by atoms with Crippen molar-refractivity contribution in [2.24, 2.45) is 11.7 Å². The van der Waals surface area contributed by atoms with Crippen LogP contribution in [0.25, 0.3) is 0 Å². The predicted molar refractivity (Wildman–Crippen MR) is 59.1 cm³/mol. The van der Waals surface area contributed by atoms with E-state index in [1.807, 2.05) is 6.92 Å². The molecule has 7 nitrogen and oxygen atoms in total. The lowest BCUT2D eigenvalue weighted by molar-refractivity contribution is -0.139. The minimum absolute atomic E-state index is 0.00168. The average molecular weight is 243 g/mol. The molecule has 96 valence electrons. The highest BCUT2D eigenvalue weighted by atomic mass is 16.4.